The summed E-state index contributed by atoms with van der Waals surface area (Å²) in [6.45, 7) is 0.512. The minimum Gasteiger partial charge on any atom is -0.337 e. The Morgan fingerprint density at radius 3 is 2.78 bits per heavy atom. The first-order chi connectivity index (χ1) is 8.54. The molecule has 1 amide bonds. The van der Waals surface area contributed by atoms with Crippen LogP contribution in [0.1, 0.15) is 23.2 Å². The fourth-order valence-electron chi connectivity index (χ4n) is 2.15. The lowest BCUT2D eigenvalue weighted by atomic mass is 10.1. The van der Waals surface area contributed by atoms with Crippen LogP contribution in [-0.2, 0) is 0 Å². The smallest absolute Gasteiger partial charge is 0.255 e. The van der Waals surface area contributed by atoms with Crippen molar-refractivity contribution in [3.8, 4) is 0 Å². The van der Waals surface area contributed by atoms with E-state index >= 15 is 0 Å². The molecule has 3 nitrogen and oxygen atoms in total. The number of hydrogen-bond acceptors (Lipinski definition) is 2. The van der Waals surface area contributed by atoms with Gasteiger partial charge in [0.15, 0.2) is 0 Å². The van der Waals surface area contributed by atoms with Gasteiger partial charge in [-0.15, -0.1) is 0 Å². The second-order valence-corrected chi connectivity index (χ2v) is 5.97. The fraction of sp³-hybridized carbons (Fsp3) is 0.462. The number of nitrogens with two attached hydrogens (primary N) is 1. The predicted molar refractivity (Wildman–Crippen MR) is 76.8 cm³/mol. The third-order valence-electron chi connectivity index (χ3n) is 3.39. The third kappa shape index (κ3) is 2.87. The lowest BCUT2D eigenvalue weighted by molar-refractivity contribution is 0.0718. The molecule has 1 unspecified atom stereocenters. The van der Waals surface area contributed by atoms with E-state index in [4.69, 9.17) is 17.3 Å². The Bertz CT molecular complexity index is 462. The van der Waals surface area contributed by atoms with Crippen molar-refractivity contribution >= 4 is 33.4 Å². The Balaban J connectivity index is 2.19. The number of amides is 1. The normalized spacial score (nSPS) is 16.4. The summed E-state index contributed by atoms with van der Waals surface area (Å²) < 4.78 is 0.721. The number of rotatable bonds is 4. The van der Waals surface area contributed by atoms with Gasteiger partial charge in [0.05, 0.1) is 5.56 Å². The van der Waals surface area contributed by atoms with Crippen molar-refractivity contribution in [2.45, 2.75) is 18.9 Å². The first kappa shape index (κ1) is 13.8. The van der Waals surface area contributed by atoms with Crippen LogP contribution in [0, 0.1) is 5.92 Å². The molecule has 0 spiro atoms. The van der Waals surface area contributed by atoms with E-state index in [-0.39, 0.29) is 11.9 Å². The summed E-state index contributed by atoms with van der Waals surface area (Å²) in [6.07, 6.45) is 2.34. The summed E-state index contributed by atoms with van der Waals surface area (Å²) in [6, 6.07) is 5.34. The van der Waals surface area contributed by atoms with Gasteiger partial charge in [0.25, 0.3) is 5.91 Å². The topological polar surface area (TPSA) is 46.3 Å². The van der Waals surface area contributed by atoms with Gasteiger partial charge in [0, 0.05) is 29.1 Å². The summed E-state index contributed by atoms with van der Waals surface area (Å²) in [5, 5.41) is 0.610. The maximum atomic E-state index is 12.4. The van der Waals surface area contributed by atoms with E-state index in [1.165, 1.54) is 12.8 Å². The van der Waals surface area contributed by atoms with E-state index in [0.717, 1.165) is 4.47 Å². The molecule has 2 N–H and O–H groups in total. The van der Waals surface area contributed by atoms with E-state index in [0.29, 0.717) is 23.0 Å². The molecule has 0 aliphatic heterocycles. The molecule has 1 aromatic rings. The molecule has 0 aromatic heterocycles. The number of hydrogen-bond donors (Lipinski definition) is 1. The molecular weight excluding hydrogens is 316 g/mol. The highest BCUT2D eigenvalue weighted by atomic mass is 79.9. The van der Waals surface area contributed by atoms with Crippen molar-refractivity contribution in [3.05, 3.63) is 33.3 Å². The zero-order valence-corrected chi connectivity index (χ0v) is 12.5. The van der Waals surface area contributed by atoms with Crippen LogP contribution in [0.3, 0.4) is 0 Å². The zero-order valence-electron chi connectivity index (χ0n) is 10.2. The van der Waals surface area contributed by atoms with Crippen molar-refractivity contribution in [1.29, 1.82) is 0 Å². The molecular formula is C13H16BrClN2O. The molecule has 5 heteroatoms. The third-order valence-corrected chi connectivity index (χ3v) is 4.28. The maximum Gasteiger partial charge on any atom is 0.255 e. The van der Waals surface area contributed by atoms with Crippen LogP contribution in [0.25, 0.3) is 0 Å². The summed E-state index contributed by atoms with van der Waals surface area (Å²) >= 11 is 9.25. The molecule has 2 rings (SSSR count). The van der Waals surface area contributed by atoms with Crippen molar-refractivity contribution < 1.29 is 4.79 Å². The molecule has 18 heavy (non-hydrogen) atoms. The lowest BCUT2D eigenvalue weighted by Crippen LogP contribution is -2.43. The first-order valence-corrected chi connectivity index (χ1v) is 7.14. The number of nitrogens with zero attached hydrogens (tertiary/aromatic N) is 1. The van der Waals surface area contributed by atoms with Gasteiger partial charge in [-0.3, -0.25) is 4.79 Å². The Morgan fingerprint density at radius 2 is 2.28 bits per heavy atom. The minimum atomic E-state index is -0.0131. The van der Waals surface area contributed by atoms with Gasteiger partial charge >= 0.3 is 0 Å². The van der Waals surface area contributed by atoms with Gasteiger partial charge in [-0.25, -0.2) is 0 Å². The van der Waals surface area contributed by atoms with E-state index in [1.54, 1.807) is 23.1 Å². The second kappa shape index (κ2) is 5.59. The zero-order chi connectivity index (χ0) is 13.3. The molecule has 98 valence electrons. The molecule has 1 aliphatic rings. The van der Waals surface area contributed by atoms with Gasteiger partial charge < -0.3 is 10.6 Å². The summed E-state index contributed by atoms with van der Waals surface area (Å²) in [4.78, 5) is 14.2. The van der Waals surface area contributed by atoms with Gasteiger partial charge in [0.2, 0.25) is 0 Å². The highest BCUT2D eigenvalue weighted by Crippen LogP contribution is 2.35. The highest BCUT2D eigenvalue weighted by Gasteiger charge is 2.35. The highest BCUT2D eigenvalue weighted by molar-refractivity contribution is 9.10. The minimum absolute atomic E-state index is 0.0131. The lowest BCUT2D eigenvalue weighted by Gasteiger charge is -2.27. The SMILES string of the molecule is CN(C(=O)c1ccc(Cl)cc1Br)C(CN)C1CC1. The van der Waals surface area contributed by atoms with Crippen molar-refractivity contribution in [2.75, 3.05) is 13.6 Å². The Hall–Kier alpha value is -0.580. The van der Waals surface area contributed by atoms with Gasteiger partial charge in [-0.1, -0.05) is 11.6 Å². The van der Waals surface area contributed by atoms with E-state index in [2.05, 4.69) is 15.9 Å². The van der Waals surface area contributed by atoms with Crippen LogP contribution in [0.4, 0.5) is 0 Å². The van der Waals surface area contributed by atoms with Crippen LogP contribution in [0.2, 0.25) is 5.02 Å². The van der Waals surface area contributed by atoms with E-state index in [9.17, 15) is 4.79 Å². The van der Waals surface area contributed by atoms with E-state index in [1.807, 2.05) is 7.05 Å². The molecule has 0 bridgehead atoms. The Morgan fingerprint density at radius 1 is 1.61 bits per heavy atom. The molecule has 0 saturated heterocycles. The fourth-order valence-corrected chi connectivity index (χ4v) is 3.00. The monoisotopic (exact) mass is 330 g/mol. The number of carbonyl (C=O) groups is 1. The van der Waals surface area contributed by atoms with Crippen LogP contribution in [0.15, 0.2) is 22.7 Å². The molecule has 0 heterocycles. The summed E-state index contributed by atoms with van der Waals surface area (Å²) in [5.74, 6) is 0.552. The molecule has 1 saturated carbocycles. The first-order valence-electron chi connectivity index (χ1n) is 5.97. The predicted octanol–water partition coefficient (Wildman–Crippen LogP) is 2.91. The Labute approximate surface area is 120 Å². The van der Waals surface area contributed by atoms with E-state index < -0.39 is 0 Å². The standard InChI is InChI=1S/C13H16BrClN2O/c1-17(12(7-16)8-2-3-8)13(18)10-5-4-9(15)6-11(10)14/h4-6,8,12H,2-3,7,16H2,1H3. The number of halogens is 2. The van der Waals surface area contributed by atoms with Crippen molar-refractivity contribution in [3.63, 3.8) is 0 Å². The van der Waals surface area contributed by atoms with Crippen LogP contribution in [0.5, 0.6) is 0 Å². The summed E-state index contributed by atoms with van der Waals surface area (Å²) in [7, 11) is 1.82. The average Bonchev–Trinajstić information content (AvgIpc) is 3.13. The van der Waals surface area contributed by atoms with Gasteiger partial charge in [0.1, 0.15) is 0 Å². The van der Waals surface area contributed by atoms with Crippen LogP contribution < -0.4 is 5.73 Å². The van der Waals surface area contributed by atoms with Gasteiger partial charge in [-0.2, -0.15) is 0 Å². The largest absolute Gasteiger partial charge is 0.337 e. The molecule has 1 aromatic carbocycles. The van der Waals surface area contributed by atoms with Crippen LogP contribution >= 0.6 is 27.5 Å². The quantitative estimate of drug-likeness (QED) is 0.922. The molecule has 1 atom stereocenters. The number of likely N-dealkylation sites (N-methyl/N-ethyl adjacent to an activating group) is 1. The number of carbonyl (C=O) groups excluding carboxylic acids is 1. The van der Waals surface area contributed by atoms with Crippen molar-refractivity contribution in [1.82, 2.24) is 4.90 Å². The molecule has 0 radical (unpaired) electrons. The molecule has 1 aliphatic carbocycles. The summed E-state index contributed by atoms with van der Waals surface area (Å²) in [5.41, 5.74) is 6.39. The van der Waals surface area contributed by atoms with Crippen molar-refractivity contribution in [2.24, 2.45) is 11.7 Å². The second-order valence-electron chi connectivity index (χ2n) is 4.68. The van der Waals surface area contributed by atoms with Crippen LogP contribution in [-0.4, -0.2) is 30.4 Å². The van der Waals surface area contributed by atoms with Gasteiger partial charge in [-0.05, 0) is 52.9 Å². The number of benzene rings is 1. The maximum absolute atomic E-state index is 12.4. The average molecular weight is 332 g/mol. The molecule has 1 fully saturated rings. The Kier molecular flexibility index (Phi) is 4.30.